The highest BCUT2D eigenvalue weighted by Crippen LogP contribution is 2.24. The van der Waals surface area contributed by atoms with E-state index in [-0.39, 0.29) is 10.9 Å². The first-order chi connectivity index (χ1) is 12.5. The zero-order valence-corrected chi connectivity index (χ0v) is 15.3. The van der Waals surface area contributed by atoms with Crippen molar-refractivity contribution < 1.29 is 9.90 Å². The third-order valence-electron chi connectivity index (χ3n) is 3.79. The van der Waals surface area contributed by atoms with Gasteiger partial charge in [-0.1, -0.05) is 30.4 Å². The van der Waals surface area contributed by atoms with Crippen LogP contribution in [0, 0.1) is 13.8 Å². The Morgan fingerprint density at radius 1 is 0.962 bits per heavy atom. The predicted octanol–water partition coefficient (Wildman–Crippen LogP) is 4.90. The maximum absolute atomic E-state index is 12.2. The lowest BCUT2D eigenvalue weighted by molar-refractivity contribution is 0.108. The van der Waals surface area contributed by atoms with Crippen molar-refractivity contribution in [1.29, 1.82) is 0 Å². The number of nitrogens with zero attached hydrogens (tertiary/aromatic N) is 2. The summed E-state index contributed by atoms with van der Waals surface area (Å²) in [7, 11) is 0. The molecule has 26 heavy (non-hydrogen) atoms. The molecule has 5 heteroatoms. The van der Waals surface area contributed by atoms with E-state index in [1.165, 1.54) is 0 Å². The summed E-state index contributed by atoms with van der Waals surface area (Å²) in [5.41, 5.74) is 3.45. The van der Waals surface area contributed by atoms with Crippen molar-refractivity contribution in [3.05, 3.63) is 82.9 Å². The number of hydrogen-bond donors (Lipinski definition) is 1. The fraction of sp³-hybridized carbons (Fsp3) is 0.0952. The molecular formula is C21H18N2O2S. The Bertz CT molecular complexity index is 929. The van der Waals surface area contributed by atoms with Gasteiger partial charge in [0.1, 0.15) is 5.75 Å². The van der Waals surface area contributed by atoms with Gasteiger partial charge in [-0.2, -0.15) is 0 Å². The lowest BCUT2D eigenvalue weighted by Gasteiger charge is -2.04. The first-order valence-corrected chi connectivity index (χ1v) is 8.92. The Kier molecular flexibility index (Phi) is 5.49. The smallest absolute Gasteiger partial charge is 0.261 e. The van der Waals surface area contributed by atoms with Crippen LogP contribution in [0.25, 0.3) is 12.2 Å². The van der Waals surface area contributed by atoms with Crippen LogP contribution in [-0.2, 0) is 0 Å². The third kappa shape index (κ3) is 4.37. The minimum absolute atomic E-state index is 0.184. The standard InChI is InChI=1S/C21H18N2O2S/c1-14-10-16(11-15(2)19(14)24)8-9-17-12-22-20(23-13-17)21(25)26-18-6-4-3-5-7-18/h3-13,24H,1-2H3/b9-8+. The van der Waals surface area contributed by atoms with Crippen molar-refractivity contribution in [2.45, 2.75) is 18.7 Å². The van der Waals surface area contributed by atoms with Gasteiger partial charge in [-0.15, -0.1) is 0 Å². The van der Waals surface area contributed by atoms with Gasteiger partial charge in [0, 0.05) is 22.9 Å². The summed E-state index contributed by atoms with van der Waals surface area (Å²) < 4.78 is 0. The fourth-order valence-corrected chi connectivity index (χ4v) is 3.15. The zero-order valence-electron chi connectivity index (χ0n) is 14.5. The second-order valence-electron chi connectivity index (χ2n) is 5.88. The Morgan fingerprint density at radius 2 is 1.54 bits per heavy atom. The summed E-state index contributed by atoms with van der Waals surface area (Å²) in [6, 6.07) is 13.3. The number of phenols is 1. The largest absolute Gasteiger partial charge is 0.507 e. The van der Waals surface area contributed by atoms with E-state index in [9.17, 15) is 9.90 Å². The highest BCUT2D eigenvalue weighted by molar-refractivity contribution is 8.14. The fourth-order valence-electron chi connectivity index (χ4n) is 2.45. The van der Waals surface area contributed by atoms with Crippen molar-refractivity contribution in [3.8, 4) is 5.75 Å². The van der Waals surface area contributed by atoms with E-state index in [1.54, 1.807) is 12.4 Å². The topological polar surface area (TPSA) is 63.1 Å². The molecule has 0 aliphatic rings. The Labute approximate surface area is 156 Å². The second kappa shape index (κ2) is 7.97. The Morgan fingerprint density at radius 3 is 2.15 bits per heavy atom. The average molecular weight is 362 g/mol. The predicted molar refractivity (Wildman–Crippen MR) is 105 cm³/mol. The maximum Gasteiger partial charge on any atom is 0.261 e. The van der Waals surface area contributed by atoms with Crippen LogP contribution in [0.3, 0.4) is 0 Å². The minimum Gasteiger partial charge on any atom is -0.507 e. The van der Waals surface area contributed by atoms with Gasteiger partial charge in [0.25, 0.3) is 5.12 Å². The number of rotatable bonds is 4. The van der Waals surface area contributed by atoms with Crippen LogP contribution in [0.2, 0.25) is 0 Å². The van der Waals surface area contributed by atoms with Crippen molar-refractivity contribution in [2.75, 3.05) is 0 Å². The van der Waals surface area contributed by atoms with Crippen LogP contribution < -0.4 is 0 Å². The molecule has 0 amide bonds. The molecule has 1 heterocycles. The van der Waals surface area contributed by atoms with E-state index in [1.807, 2.05) is 68.5 Å². The quantitative estimate of drug-likeness (QED) is 0.669. The van der Waals surface area contributed by atoms with Crippen molar-refractivity contribution in [3.63, 3.8) is 0 Å². The van der Waals surface area contributed by atoms with E-state index in [4.69, 9.17) is 0 Å². The number of benzene rings is 2. The summed E-state index contributed by atoms with van der Waals surface area (Å²) in [5.74, 6) is 0.511. The molecule has 0 aliphatic carbocycles. The van der Waals surface area contributed by atoms with E-state index >= 15 is 0 Å². The molecule has 3 aromatic rings. The number of phenolic OH excluding ortho intramolecular Hbond substituents is 1. The molecule has 130 valence electrons. The van der Waals surface area contributed by atoms with E-state index in [2.05, 4.69) is 9.97 Å². The summed E-state index contributed by atoms with van der Waals surface area (Å²) in [5, 5.41) is 9.64. The van der Waals surface area contributed by atoms with Gasteiger partial charge in [0.15, 0.2) is 0 Å². The van der Waals surface area contributed by atoms with Crippen molar-refractivity contribution in [1.82, 2.24) is 9.97 Å². The molecule has 1 aromatic heterocycles. The Hall–Kier alpha value is -2.92. The molecule has 0 spiro atoms. The van der Waals surface area contributed by atoms with Gasteiger partial charge < -0.3 is 5.11 Å². The molecule has 0 radical (unpaired) electrons. The Balaban J connectivity index is 1.70. The summed E-state index contributed by atoms with van der Waals surface area (Å²) in [6.07, 6.45) is 7.06. The average Bonchev–Trinajstić information content (AvgIpc) is 2.65. The van der Waals surface area contributed by atoms with Crippen LogP contribution in [0.5, 0.6) is 5.75 Å². The highest BCUT2D eigenvalue weighted by atomic mass is 32.2. The van der Waals surface area contributed by atoms with Gasteiger partial charge in [-0.3, -0.25) is 4.79 Å². The van der Waals surface area contributed by atoms with Crippen LogP contribution in [0.15, 0.2) is 59.8 Å². The number of thioether (sulfide) groups is 1. The van der Waals surface area contributed by atoms with Gasteiger partial charge >= 0.3 is 0 Å². The molecule has 0 atom stereocenters. The van der Waals surface area contributed by atoms with E-state index < -0.39 is 0 Å². The molecule has 2 aromatic carbocycles. The summed E-state index contributed by atoms with van der Waals surface area (Å²) >= 11 is 1.11. The van der Waals surface area contributed by atoms with Crippen LogP contribution in [0.1, 0.15) is 32.9 Å². The molecule has 0 bridgehead atoms. The SMILES string of the molecule is Cc1cc(/C=C/c2cnc(C(=O)Sc3ccccc3)nc2)cc(C)c1O. The maximum atomic E-state index is 12.2. The molecule has 0 saturated carbocycles. The number of carbonyl (C=O) groups is 1. The molecule has 0 unspecified atom stereocenters. The summed E-state index contributed by atoms with van der Waals surface area (Å²) in [4.78, 5) is 21.4. The molecule has 4 nitrogen and oxygen atoms in total. The van der Waals surface area contributed by atoms with Gasteiger partial charge in [0.2, 0.25) is 5.82 Å². The van der Waals surface area contributed by atoms with E-state index in [0.717, 1.165) is 38.9 Å². The lowest BCUT2D eigenvalue weighted by Crippen LogP contribution is -2.01. The first-order valence-electron chi connectivity index (χ1n) is 8.10. The third-order valence-corrected chi connectivity index (χ3v) is 4.67. The molecule has 3 rings (SSSR count). The summed E-state index contributed by atoms with van der Waals surface area (Å²) in [6.45, 7) is 3.74. The number of hydrogen-bond acceptors (Lipinski definition) is 5. The molecular weight excluding hydrogens is 344 g/mol. The lowest BCUT2D eigenvalue weighted by atomic mass is 10.1. The highest BCUT2D eigenvalue weighted by Gasteiger charge is 2.10. The first kappa shape index (κ1) is 17.9. The molecule has 0 aliphatic heterocycles. The van der Waals surface area contributed by atoms with Gasteiger partial charge in [-0.25, -0.2) is 9.97 Å². The van der Waals surface area contributed by atoms with Gasteiger partial charge in [-0.05, 0) is 66.6 Å². The molecule has 1 N–H and O–H groups in total. The van der Waals surface area contributed by atoms with Crippen LogP contribution >= 0.6 is 11.8 Å². The monoisotopic (exact) mass is 362 g/mol. The number of aryl methyl sites for hydroxylation is 2. The van der Waals surface area contributed by atoms with Crippen molar-refractivity contribution in [2.24, 2.45) is 0 Å². The minimum atomic E-state index is -0.184. The van der Waals surface area contributed by atoms with E-state index in [0.29, 0.717) is 5.75 Å². The zero-order chi connectivity index (χ0) is 18.5. The number of carbonyl (C=O) groups excluding carboxylic acids is 1. The van der Waals surface area contributed by atoms with Crippen LogP contribution in [-0.4, -0.2) is 20.2 Å². The number of aromatic nitrogens is 2. The normalized spacial score (nSPS) is 11.0. The van der Waals surface area contributed by atoms with Crippen LogP contribution in [0.4, 0.5) is 0 Å². The number of aromatic hydroxyl groups is 1. The van der Waals surface area contributed by atoms with Crippen molar-refractivity contribution >= 4 is 29.0 Å². The molecule has 0 saturated heterocycles. The second-order valence-corrected chi connectivity index (χ2v) is 6.93. The van der Waals surface area contributed by atoms with Gasteiger partial charge in [0.05, 0.1) is 0 Å². The molecule has 0 fully saturated rings.